The Labute approximate surface area is 363 Å². The lowest BCUT2D eigenvalue weighted by Gasteiger charge is -2.21. The van der Waals surface area contributed by atoms with Gasteiger partial charge in [0.2, 0.25) is 0 Å². The molecule has 0 amide bonds. The first-order valence-electron chi connectivity index (χ1n) is 21.8. The van der Waals surface area contributed by atoms with Crippen molar-refractivity contribution in [1.29, 1.82) is 0 Å². The molecule has 296 valence electrons. The van der Waals surface area contributed by atoms with Gasteiger partial charge in [0.05, 0.1) is 28.1 Å². The van der Waals surface area contributed by atoms with Crippen LogP contribution in [0, 0.1) is 5.92 Å². The minimum absolute atomic E-state index is 0.0737. The van der Waals surface area contributed by atoms with E-state index in [0.29, 0.717) is 5.84 Å². The Kier molecular flexibility index (Phi) is 7.91. The summed E-state index contributed by atoms with van der Waals surface area (Å²) in [4.78, 5) is 11.6. The van der Waals surface area contributed by atoms with E-state index in [2.05, 4.69) is 206 Å². The molecule has 1 aliphatic rings. The molecule has 13 rings (SSSR count). The molecule has 3 heterocycles. The first-order valence-corrected chi connectivity index (χ1v) is 21.8. The van der Waals surface area contributed by atoms with E-state index in [9.17, 15) is 0 Å². The van der Waals surface area contributed by atoms with Crippen molar-refractivity contribution in [2.75, 3.05) is 0 Å². The fraction of sp³-hybridized carbons (Fsp3) is 0.0508. The zero-order valence-electron chi connectivity index (χ0n) is 34.6. The minimum atomic E-state index is 0.0737. The summed E-state index contributed by atoms with van der Waals surface area (Å²) in [6.07, 6.45) is 3.10. The van der Waals surface area contributed by atoms with Crippen molar-refractivity contribution in [3.05, 3.63) is 217 Å². The van der Waals surface area contributed by atoms with E-state index in [4.69, 9.17) is 14.4 Å². The number of hydrogen-bond donors (Lipinski definition) is 0. The van der Waals surface area contributed by atoms with E-state index in [1.807, 2.05) is 6.07 Å². The molecule has 1 unspecified atom stereocenters. The fourth-order valence-corrected chi connectivity index (χ4v) is 10.2. The third-order valence-corrected chi connectivity index (χ3v) is 13.2. The lowest BCUT2D eigenvalue weighted by atomic mass is 9.90. The van der Waals surface area contributed by atoms with Crippen molar-refractivity contribution >= 4 is 104 Å². The van der Waals surface area contributed by atoms with Gasteiger partial charge in [0.15, 0.2) is 5.84 Å². The molecule has 1 atom stereocenters. The number of furan rings is 1. The maximum atomic E-state index is 6.68. The third kappa shape index (κ3) is 5.61. The number of amidine groups is 1. The highest BCUT2D eigenvalue weighted by molar-refractivity contribution is 6.25. The zero-order chi connectivity index (χ0) is 41.6. The molecule has 0 N–H and O–H groups in total. The Morgan fingerprint density at radius 1 is 0.429 bits per heavy atom. The molecule has 2 aromatic heterocycles. The summed E-state index contributed by atoms with van der Waals surface area (Å²) in [7, 11) is 0. The van der Waals surface area contributed by atoms with E-state index in [1.54, 1.807) is 0 Å². The first-order chi connectivity index (χ1) is 31.1. The summed E-state index contributed by atoms with van der Waals surface area (Å²) >= 11 is 0. The van der Waals surface area contributed by atoms with Gasteiger partial charge in [0, 0.05) is 50.2 Å². The normalized spacial score (nSPS) is 15.6. The summed E-state index contributed by atoms with van der Waals surface area (Å²) < 4.78 is 9.10. The summed E-state index contributed by atoms with van der Waals surface area (Å²) in [6, 6.07) is 69.8. The molecular formula is C59H39N3O. The molecule has 1 aliphatic heterocycles. The Morgan fingerprint density at radius 2 is 1.08 bits per heavy atom. The van der Waals surface area contributed by atoms with E-state index < -0.39 is 0 Å². The van der Waals surface area contributed by atoms with E-state index >= 15 is 0 Å². The van der Waals surface area contributed by atoms with Gasteiger partial charge in [-0.3, -0.25) is 0 Å². The molecule has 63 heavy (non-hydrogen) atoms. The molecule has 4 nitrogen and oxygen atoms in total. The second-order valence-electron chi connectivity index (χ2n) is 16.9. The van der Waals surface area contributed by atoms with E-state index in [1.165, 1.54) is 43.1 Å². The number of rotatable bonds is 4. The van der Waals surface area contributed by atoms with Crippen LogP contribution >= 0.6 is 0 Å². The largest absolute Gasteiger partial charge is 0.456 e. The average Bonchev–Trinajstić information content (AvgIpc) is 3.86. The fourth-order valence-electron chi connectivity index (χ4n) is 10.2. The maximum absolute atomic E-state index is 6.68. The number of para-hydroxylation sites is 2. The molecule has 0 spiro atoms. The smallest absolute Gasteiger partial charge is 0.160 e. The number of aliphatic imine (C=N–C) groups is 2. The highest BCUT2D eigenvalue weighted by Gasteiger charge is 2.25. The van der Waals surface area contributed by atoms with Crippen molar-refractivity contribution in [3.63, 3.8) is 0 Å². The van der Waals surface area contributed by atoms with Crippen molar-refractivity contribution in [1.82, 2.24) is 4.57 Å². The van der Waals surface area contributed by atoms with Crippen LogP contribution in [0.2, 0.25) is 0 Å². The highest BCUT2D eigenvalue weighted by Crippen LogP contribution is 2.42. The van der Waals surface area contributed by atoms with Crippen molar-refractivity contribution in [2.45, 2.75) is 13.3 Å². The molecule has 4 heteroatoms. The number of hydrogen-bond acceptors (Lipinski definition) is 3. The lowest BCUT2D eigenvalue weighted by Crippen LogP contribution is -2.18. The van der Waals surface area contributed by atoms with Crippen LogP contribution in [0.5, 0.6) is 0 Å². The zero-order valence-corrected chi connectivity index (χ0v) is 34.6. The first kappa shape index (κ1) is 35.7. The second kappa shape index (κ2) is 14.0. The molecule has 0 fully saturated rings. The Bertz CT molecular complexity index is 3970. The Morgan fingerprint density at radius 3 is 1.92 bits per heavy atom. The summed E-state index contributed by atoms with van der Waals surface area (Å²) in [5.41, 5.74) is 10.0. The van der Waals surface area contributed by atoms with Crippen LogP contribution in [-0.4, -0.2) is 16.1 Å². The van der Waals surface area contributed by atoms with Crippen LogP contribution in [0.3, 0.4) is 0 Å². The van der Waals surface area contributed by atoms with Crippen LogP contribution in [-0.2, 0) is 0 Å². The van der Waals surface area contributed by atoms with Gasteiger partial charge in [-0.05, 0) is 85.9 Å². The van der Waals surface area contributed by atoms with Crippen LogP contribution < -0.4 is 0 Å². The summed E-state index contributed by atoms with van der Waals surface area (Å²) in [6.45, 7) is 2.31. The van der Waals surface area contributed by atoms with Crippen LogP contribution in [0.15, 0.2) is 215 Å². The number of aromatic nitrogens is 1. The van der Waals surface area contributed by atoms with Crippen LogP contribution in [0.1, 0.15) is 30.0 Å². The van der Waals surface area contributed by atoms with Gasteiger partial charge in [-0.15, -0.1) is 0 Å². The van der Waals surface area contributed by atoms with Crippen molar-refractivity contribution < 1.29 is 4.42 Å². The predicted molar refractivity (Wildman–Crippen MR) is 266 cm³/mol. The summed E-state index contributed by atoms with van der Waals surface area (Å²) in [5.74, 6) is 0.763. The van der Waals surface area contributed by atoms with Gasteiger partial charge in [-0.1, -0.05) is 165 Å². The molecular weight excluding hydrogens is 767 g/mol. The van der Waals surface area contributed by atoms with Gasteiger partial charge in [-0.25, -0.2) is 9.98 Å². The Hall–Kier alpha value is -8.08. The standard InChI is InChI=1S/C59H39N3O/c1-36-29-30-52(60-59(61-58(36)47-26-14-19-37-15-4-6-20-41(37)47)50-32-40-18-5-7-21-42(40)43-22-8-9-23-44(43)50)51-34-49-46-25-11-13-28-56(46)63-57(49)35-55(51)62-53-27-12-10-24-45(53)48-31-38-16-2-3-17-39(38)33-54(48)62/h2-28,30-36H,29H2,1H3/b52-30+,60-59?,61-58?. The minimum Gasteiger partial charge on any atom is -0.456 e. The molecule has 0 radical (unpaired) electrons. The van der Waals surface area contributed by atoms with Gasteiger partial charge in [0.25, 0.3) is 0 Å². The quantitative estimate of drug-likeness (QED) is 0.163. The van der Waals surface area contributed by atoms with E-state index in [0.717, 1.165) is 84.0 Å². The van der Waals surface area contributed by atoms with Gasteiger partial charge >= 0.3 is 0 Å². The van der Waals surface area contributed by atoms with Crippen LogP contribution in [0.4, 0.5) is 0 Å². The summed E-state index contributed by atoms with van der Waals surface area (Å²) in [5, 5.41) is 14.0. The number of benzene rings is 10. The van der Waals surface area contributed by atoms with Crippen molar-refractivity contribution in [2.24, 2.45) is 15.9 Å². The molecule has 0 saturated heterocycles. The highest BCUT2D eigenvalue weighted by atomic mass is 16.3. The molecule has 12 aromatic rings. The molecule has 0 bridgehead atoms. The number of nitrogens with zero attached hydrogens (tertiary/aromatic N) is 3. The molecule has 0 aliphatic carbocycles. The number of allylic oxidation sites excluding steroid dienone is 1. The average molecular weight is 806 g/mol. The SMILES string of the molecule is CC1C/C=C(\c2cc3c(cc2-n2c4ccccc4c4cc5ccccc5cc42)oc2ccccc23)N=C(c2cc3ccccc3c3ccccc23)N=C1c1cccc2ccccc12. The van der Waals surface area contributed by atoms with Gasteiger partial charge in [0.1, 0.15) is 11.2 Å². The van der Waals surface area contributed by atoms with Gasteiger partial charge in [-0.2, -0.15) is 0 Å². The lowest BCUT2D eigenvalue weighted by molar-refractivity contribution is 0.668. The topological polar surface area (TPSA) is 42.8 Å². The van der Waals surface area contributed by atoms with Crippen molar-refractivity contribution in [3.8, 4) is 5.69 Å². The van der Waals surface area contributed by atoms with Crippen LogP contribution in [0.25, 0.3) is 98.2 Å². The molecule has 0 saturated carbocycles. The predicted octanol–water partition coefficient (Wildman–Crippen LogP) is 15.6. The van der Waals surface area contributed by atoms with Gasteiger partial charge < -0.3 is 8.98 Å². The third-order valence-electron chi connectivity index (χ3n) is 13.2. The molecule has 10 aromatic carbocycles. The Balaban J connectivity index is 1.15. The van der Waals surface area contributed by atoms with E-state index in [-0.39, 0.29) is 5.92 Å². The number of fused-ring (bicyclic) bond motifs is 11. The second-order valence-corrected chi connectivity index (χ2v) is 16.9. The maximum Gasteiger partial charge on any atom is 0.160 e. The monoisotopic (exact) mass is 805 g/mol.